The lowest BCUT2D eigenvalue weighted by Gasteiger charge is -2.21. The number of para-hydroxylation sites is 2. The van der Waals surface area contributed by atoms with Crippen LogP contribution in [0.4, 0.5) is 0 Å². The van der Waals surface area contributed by atoms with Gasteiger partial charge < -0.3 is 25.0 Å². The molecule has 11 nitrogen and oxygen atoms in total. The molecule has 0 atom stereocenters. The number of phenols is 2. The van der Waals surface area contributed by atoms with Crippen molar-refractivity contribution in [2.75, 3.05) is 34.3 Å². The summed E-state index contributed by atoms with van der Waals surface area (Å²) in [6.45, 7) is 1.05. The molecule has 1 aromatic heterocycles. The third-order valence-corrected chi connectivity index (χ3v) is 8.06. The lowest BCUT2D eigenvalue weighted by molar-refractivity contribution is 0.258. The van der Waals surface area contributed by atoms with E-state index in [1.165, 1.54) is 7.05 Å². The van der Waals surface area contributed by atoms with Gasteiger partial charge in [0.1, 0.15) is 28.8 Å². The molecule has 4 aromatic rings. The zero-order chi connectivity index (χ0) is 28.3. The number of benzene rings is 3. The normalized spacial score (nSPS) is 11.8. The molecule has 0 spiro atoms. The van der Waals surface area contributed by atoms with Gasteiger partial charge in [0.15, 0.2) is 5.82 Å². The summed E-state index contributed by atoms with van der Waals surface area (Å²) < 4.78 is 35.3. The van der Waals surface area contributed by atoms with E-state index in [9.17, 15) is 23.7 Å². The summed E-state index contributed by atoms with van der Waals surface area (Å²) in [6, 6.07) is 15.1. The molecule has 0 radical (unpaired) electrons. The fourth-order valence-electron chi connectivity index (χ4n) is 3.85. The summed E-state index contributed by atoms with van der Waals surface area (Å²) in [4.78, 5) is 1.49. The van der Waals surface area contributed by atoms with Gasteiger partial charge in [-0.25, -0.2) is 13.0 Å². The van der Waals surface area contributed by atoms with Crippen LogP contribution in [-0.2, 0) is 16.6 Å². The predicted molar refractivity (Wildman–Crippen MR) is 146 cm³/mol. The summed E-state index contributed by atoms with van der Waals surface area (Å²) in [5.41, 5.74) is 0.834. The van der Waals surface area contributed by atoms with E-state index in [-0.39, 0.29) is 23.0 Å². The standard InChI is InChI=1S/C26H28ClN5O6S/c1-30(2)12-13-38-23-11-7-4-8-17(23)16-31(3)39(36,37)24-14-18(21(33)15-22(24)34)25-28-29-26(35)32(25)20-10-6-5-9-19(20)27/h4-11,14-15,33-34H,12-13,16H2,1-3H3,(H,29,35). The third-order valence-electron chi connectivity index (χ3n) is 5.91. The van der Waals surface area contributed by atoms with Crippen LogP contribution in [0.2, 0.25) is 5.02 Å². The molecule has 0 aliphatic carbocycles. The second-order valence-corrected chi connectivity index (χ2v) is 11.4. The predicted octanol–water partition coefficient (Wildman–Crippen LogP) is 3.47. The van der Waals surface area contributed by atoms with Crippen molar-refractivity contribution in [2.24, 2.45) is 0 Å². The van der Waals surface area contributed by atoms with E-state index in [1.807, 2.05) is 19.0 Å². The number of ether oxygens (including phenoxy) is 1. The number of likely N-dealkylation sites (N-methyl/N-ethyl adjacent to an activating group) is 1. The maximum atomic E-state index is 13.6. The number of aromatic hydroxyl groups is 3. The minimum Gasteiger partial charge on any atom is -0.507 e. The average Bonchev–Trinajstić information content (AvgIpc) is 3.25. The molecule has 0 aliphatic rings. The Balaban J connectivity index is 1.71. The van der Waals surface area contributed by atoms with Crippen LogP contribution in [0.15, 0.2) is 65.6 Å². The maximum absolute atomic E-state index is 13.6. The molecule has 13 heteroatoms. The van der Waals surface area contributed by atoms with Crippen LogP contribution in [-0.4, -0.2) is 82.0 Å². The minimum atomic E-state index is -4.28. The molecule has 3 aromatic carbocycles. The van der Waals surface area contributed by atoms with Gasteiger partial charge >= 0.3 is 6.01 Å². The first-order chi connectivity index (χ1) is 18.5. The number of aromatic nitrogens is 3. The van der Waals surface area contributed by atoms with Gasteiger partial charge in [0.05, 0.1) is 16.3 Å². The highest BCUT2D eigenvalue weighted by molar-refractivity contribution is 7.89. The Labute approximate surface area is 231 Å². The van der Waals surface area contributed by atoms with Crippen molar-refractivity contribution >= 4 is 21.6 Å². The van der Waals surface area contributed by atoms with E-state index < -0.39 is 32.4 Å². The quantitative estimate of drug-likeness (QED) is 0.260. The number of hydrogen-bond acceptors (Lipinski definition) is 9. The molecule has 39 heavy (non-hydrogen) atoms. The number of hydrogen-bond donors (Lipinski definition) is 3. The first-order valence-corrected chi connectivity index (χ1v) is 13.6. The Morgan fingerprint density at radius 2 is 1.64 bits per heavy atom. The van der Waals surface area contributed by atoms with Gasteiger partial charge in [-0.1, -0.05) is 47.0 Å². The van der Waals surface area contributed by atoms with E-state index in [0.29, 0.717) is 30.2 Å². The summed E-state index contributed by atoms with van der Waals surface area (Å²) in [6.07, 6.45) is 0. The molecule has 206 valence electrons. The number of sulfonamides is 1. The minimum absolute atomic E-state index is 0.0489. The van der Waals surface area contributed by atoms with Gasteiger partial charge in [0, 0.05) is 31.8 Å². The smallest absolute Gasteiger partial charge is 0.319 e. The van der Waals surface area contributed by atoms with E-state index >= 15 is 0 Å². The van der Waals surface area contributed by atoms with Crippen molar-refractivity contribution in [2.45, 2.75) is 11.4 Å². The molecule has 0 aliphatic heterocycles. The highest BCUT2D eigenvalue weighted by atomic mass is 35.5. The number of nitrogens with zero attached hydrogens (tertiary/aromatic N) is 5. The molecular weight excluding hydrogens is 546 g/mol. The molecule has 4 rings (SSSR count). The summed E-state index contributed by atoms with van der Waals surface area (Å²) in [7, 11) is 0.935. The van der Waals surface area contributed by atoms with Gasteiger partial charge in [0.25, 0.3) is 0 Å². The Bertz CT molecular complexity index is 1590. The molecule has 3 N–H and O–H groups in total. The highest BCUT2D eigenvalue weighted by Gasteiger charge is 2.29. The fraction of sp³-hybridized carbons (Fsp3) is 0.231. The fourth-order valence-corrected chi connectivity index (χ4v) is 5.31. The molecule has 0 unspecified atom stereocenters. The highest BCUT2D eigenvalue weighted by Crippen LogP contribution is 2.40. The summed E-state index contributed by atoms with van der Waals surface area (Å²) in [5.74, 6) is -0.682. The van der Waals surface area contributed by atoms with Crippen LogP contribution in [0.25, 0.3) is 17.1 Å². The zero-order valence-electron chi connectivity index (χ0n) is 21.5. The van der Waals surface area contributed by atoms with Crippen molar-refractivity contribution in [1.82, 2.24) is 24.0 Å². The van der Waals surface area contributed by atoms with Crippen molar-refractivity contribution in [3.05, 3.63) is 71.2 Å². The summed E-state index contributed by atoms with van der Waals surface area (Å²) in [5, 5.41) is 39.4. The monoisotopic (exact) mass is 573 g/mol. The second kappa shape index (κ2) is 11.5. The third kappa shape index (κ3) is 5.93. The van der Waals surface area contributed by atoms with Crippen LogP contribution in [0.3, 0.4) is 0 Å². The average molecular weight is 574 g/mol. The van der Waals surface area contributed by atoms with Gasteiger partial charge in [0.2, 0.25) is 10.0 Å². The lowest BCUT2D eigenvalue weighted by Crippen LogP contribution is -2.27. The molecule has 0 bridgehead atoms. The summed E-state index contributed by atoms with van der Waals surface area (Å²) >= 11 is 6.29. The Kier molecular flexibility index (Phi) is 8.31. The molecule has 1 heterocycles. The van der Waals surface area contributed by atoms with Gasteiger partial charge in [-0.05, 0) is 38.4 Å². The first-order valence-electron chi connectivity index (χ1n) is 11.8. The molecule has 0 saturated carbocycles. The molecule has 0 fully saturated rings. The Morgan fingerprint density at radius 3 is 2.36 bits per heavy atom. The van der Waals surface area contributed by atoms with Crippen molar-refractivity contribution in [3.63, 3.8) is 0 Å². The van der Waals surface area contributed by atoms with Gasteiger partial charge in [-0.15, -0.1) is 5.10 Å². The van der Waals surface area contributed by atoms with E-state index in [0.717, 1.165) is 21.0 Å². The number of halogens is 1. The molecular formula is C26H28ClN5O6S. The Hall–Kier alpha value is -3.84. The molecule has 0 amide bonds. The van der Waals surface area contributed by atoms with Crippen molar-refractivity contribution in [1.29, 1.82) is 0 Å². The number of rotatable bonds is 10. The Morgan fingerprint density at radius 1 is 0.949 bits per heavy atom. The first kappa shape index (κ1) is 28.2. The van der Waals surface area contributed by atoms with E-state index in [1.54, 1.807) is 48.5 Å². The lowest BCUT2D eigenvalue weighted by atomic mass is 10.1. The number of phenolic OH excluding ortho intramolecular Hbond substituents is 2. The van der Waals surface area contributed by atoms with Gasteiger partial charge in [-0.3, -0.25) is 0 Å². The van der Waals surface area contributed by atoms with Crippen LogP contribution in [0.1, 0.15) is 5.56 Å². The van der Waals surface area contributed by atoms with Crippen molar-refractivity contribution < 1.29 is 28.5 Å². The van der Waals surface area contributed by atoms with Gasteiger partial charge in [-0.2, -0.15) is 4.31 Å². The van der Waals surface area contributed by atoms with Crippen LogP contribution in [0, 0.1) is 0 Å². The van der Waals surface area contributed by atoms with E-state index in [2.05, 4.69) is 10.2 Å². The maximum Gasteiger partial charge on any atom is 0.319 e. The van der Waals surface area contributed by atoms with E-state index in [4.69, 9.17) is 16.3 Å². The van der Waals surface area contributed by atoms with Crippen LogP contribution in [0.5, 0.6) is 23.3 Å². The second-order valence-electron chi connectivity index (χ2n) is 8.97. The topological polar surface area (TPSA) is 141 Å². The largest absolute Gasteiger partial charge is 0.507 e. The molecule has 0 saturated heterocycles. The van der Waals surface area contributed by atoms with Crippen LogP contribution >= 0.6 is 11.6 Å². The van der Waals surface area contributed by atoms with Crippen molar-refractivity contribution in [3.8, 4) is 40.3 Å². The SMILES string of the molecule is CN(C)CCOc1ccccc1CN(C)S(=O)(=O)c1cc(-c2nnc(O)n2-c2ccccc2Cl)c(O)cc1O. The van der Waals surface area contributed by atoms with Crippen LogP contribution < -0.4 is 4.74 Å². The zero-order valence-corrected chi connectivity index (χ0v) is 23.1.